The number of piperazine rings is 1. The molecule has 2 aromatic rings. The van der Waals surface area contributed by atoms with Crippen LogP contribution in [0.15, 0.2) is 45.3 Å². The fraction of sp³-hybridized carbons (Fsp3) is 0.571. The number of carbonyl (C=O) groups excluding carboxylic acids is 2. The molecule has 2 N–H and O–H groups in total. The van der Waals surface area contributed by atoms with Gasteiger partial charge < -0.3 is 14.9 Å². The quantitative estimate of drug-likeness (QED) is 0.389. The van der Waals surface area contributed by atoms with E-state index < -0.39 is 22.1 Å². The van der Waals surface area contributed by atoms with Crippen LogP contribution < -0.4 is 4.72 Å². The Morgan fingerprint density at radius 3 is 2.12 bits per heavy atom. The molecule has 2 amide bonds. The number of carboxylic acids is 1. The van der Waals surface area contributed by atoms with Crippen molar-refractivity contribution >= 4 is 65.5 Å². The molecule has 4 aliphatic heterocycles. The van der Waals surface area contributed by atoms with Gasteiger partial charge in [-0.1, -0.05) is 50.1 Å². The summed E-state index contributed by atoms with van der Waals surface area (Å²) < 4.78 is 32.3. The molecular formula is C35H46Br2N6O6S. The third-order valence-electron chi connectivity index (χ3n) is 10.8. The van der Waals surface area contributed by atoms with E-state index >= 15 is 0 Å². The molecule has 272 valence electrons. The highest BCUT2D eigenvalue weighted by molar-refractivity contribution is 9.11. The number of likely N-dealkylation sites (tertiary alicyclic amines) is 2. The van der Waals surface area contributed by atoms with E-state index in [-0.39, 0.29) is 30.8 Å². The number of fused-ring (bicyclic) bond motifs is 1. The Morgan fingerprint density at radius 1 is 0.880 bits per heavy atom. The third-order valence-corrected chi connectivity index (χ3v) is 13.9. The Balaban J connectivity index is 1.08. The summed E-state index contributed by atoms with van der Waals surface area (Å²) in [7, 11) is -3.68. The largest absolute Gasteiger partial charge is 0.480 e. The minimum atomic E-state index is -3.68. The monoisotopic (exact) mass is 836 g/mol. The maximum Gasteiger partial charge on any atom is 0.317 e. The third kappa shape index (κ3) is 8.72. The number of nitrogens with zero attached hydrogens (tertiary/aromatic N) is 5. The van der Waals surface area contributed by atoms with Crippen molar-refractivity contribution in [3.63, 3.8) is 0 Å². The molecule has 12 nitrogen and oxygen atoms in total. The Kier molecular flexibility index (Phi) is 11.9. The molecule has 0 aromatic heterocycles. The lowest BCUT2D eigenvalue weighted by molar-refractivity contribution is -0.143. The van der Waals surface area contributed by atoms with Crippen LogP contribution in [-0.2, 0) is 37.6 Å². The van der Waals surface area contributed by atoms with Crippen molar-refractivity contribution < 1.29 is 27.9 Å². The van der Waals surface area contributed by atoms with Gasteiger partial charge in [-0.25, -0.2) is 0 Å². The number of rotatable bonds is 9. The molecule has 6 rings (SSSR count). The Hall–Kier alpha value is -2.56. The molecule has 0 aliphatic carbocycles. The molecule has 0 saturated carbocycles. The first-order chi connectivity index (χ1) is 23.9. The van der Waals surface area contributed by atoms with Gasteiger partial charge in [0.2, 0.25) is 11.8 Å². The van der Waals surface area contributed by atoms with Gasteiger partial charge in [0.05, 0.1) is 18.2 Å². The number of nitrogens with one attached hydrogen (secondary N) is 1. The van der Waals surface area contributed by atoms with E-state index in [0.29, 0.717) is 63.7 Å². The van der Waals surface area contributed by atoms with Crippen LogP contribution in [0, 0.1) is 12.8 Å². The molecule has 4 aliphatic rings. The fourth-order valence-electron chi connectivity index (χ4n) is 7.81. The maximum atomic E-state index is 14.2. The summed E-state index contributed by atoms with van der Waals surface area (Å²) in [6.45, 7) is 7.61. The van der Waals surface area contributed by atoms with Gasteiger partial charge in [-0.15, -0.1) is 0 Å². The number of amides is 2. The first-order valence-corrected chi connectivity index (χ1v) is 20.5. The van der Waals surface area contributed by atoms with Gasteiger partial charge >= 0.3 is 16.2 Å². The van der Waals surface area contributed by atoms with Gasteiger partial charge in [-0.05, 0) is 73.9 Å². The summed E-state index contributed by atoms with van der Waals surface area (Å²) in [4.78, 5) is 47.3. The van der Waals surface area contributed by atoms with Gasteiger partial charge in [0.1, 0.15) is 0 Å². The van der Waals surface area contributed by atoms with E-state index in [0.717, 1.165) is 64.7 Å². The van der Waals surface area contributed by atoms with Crippen molar-refractivity contribution in [2.24, 2.45) is 5.92 Å². The second-order valence-corrected chi connectivity index (χ2v) is 17.3. The summed E-state index contributed by atoms with van der Waals surface area (Å²) in [6, 6.07) is 11.6. The molecular weight excluding hydrogens is 792 g/mol. The van der Waals surface area contributed by atoms with E-state index in [1.54, 1.807) is 11.0 Å². The van der Waals surface area contributed by atoms with Crippen molar-refractivity contribution in [3.8, 4) is 0 Å². The lowest BCUT2D eigenvalue weighted by Gasteiger charge is -2.43. The molecule has 50 heavy (non-hydrogen) atoms. The molecule has 1 atom stereocenters. The number of para-hydroxylation sites is 1. The highest BCUT2D eigenvalue weighted by atomic mass is 79.9. The van der Waals surface area contributed by atoms with Crippen molar-refractivity contribution in [1.29, 1.82) is 0 Å². The van der Waals surface area contributed by atoms with E-state index in [4.69, 9.17) is 5.11 Å². The van der Waals surface area contributed by atoms with Gasteiger partial charge in [0.25, 0.3) is 0 Å². The molecule has 0 spiro atoms. The van der Waals surface area contributed by atoms with Gasteiger partial charge in [0.15, 0.2) is 0 Å². The summed E-state index contributed by atoms with van der Waals surface area (Å²) in [5, 5.41) is 9.13. The average molecular weight is 839 g/mol. The lowest BCUT2D eigenvalue weighted by atomic mass is 9.91. The number of carboxylic acid groups (broad SMARTS) is 1. The Labute approximate surface area is 311 Å². The second kappa shape index (κ2) is 16.0. The molecule has 0 unspecified atom stereocenters. The van der Waals surface area contributed by atoms with Crippen LogP contribution in [0.3, 0.4) is 0 Å². The van der Waals surface area contributed by atoms with Crippen molar-refractivity contribution in [3.05, 3.63) is 62.0 Å². The molecule has 2 aromatic carbocycles. The van der Waals surface area contributed by atoms with Gasteiger partial charge in [-0.2, -0.15) is 12.7 Å². The number of halogens is 2. The van der Waals surface area contributed by atoms with Crippen molar-refractivity contribution in [1.82, 2.24) is 23.9 Å². The summed E-state index contributed by atoms with van der Waals surface area (Å²) in [5.74, 6) is -1.41. The zero-order valence-corrected chi connectivity index (χ0v) is 32.4. The molecule has 0 bridgehead atoms. The smallest absolute Gasteiger partial charge is 0.317 e. The van der Waals surface area contributed by atoms with Crippen LogP contribution in [-0.4, -0.2) is 126 Å². The SMILES string of the molecule is Cc1c(Br)cc(C[C@H](CC(=O)N2CCC(N3Cc4ccccc4NS3(=O)=O)CC2)C(=O)N2CCC(N3CCN(CC(=O)O)CC3)CC2)cc1Br. The Bertz CT molecular complexity index is 1660. The molecule has 3 saturated heterocycles. The van der Waals surface area contributed by atoms with E-state index in [2.05, 4.69) is 41.5 Å². The normalized spacial score (nSPS) is 21.7. The van der Waals surface area contributed by atoms with Gasteiger partial charge in [-0.3, -0.25) is 28.9 Å². The van der Waals surface area contributed by atoms with Crippen LogP contribution in [0.1, 0.15) is 48.8 Å². The molecule has 15 heteroatoms. The van der Waals surface area contributed by atoms with Crippen LogP contribution >= 0.6 is 31.9 Å². The number of aliphatic carboxylic acids is 1. The Morgan fingerprint density at radius 2 is 1.48 bits per heavy atom. The topological polar surface area (TPSA) is 134 Å². The molecule has 3 fully saturated rings. The predicted octanol–water partition coefficient (Wildman–Crippen LogP) is 3.93. The van der Waals surface area contributed by atoms with Crippen LogP contribution in [0.25, 0.3) is 0 Å². The number of piperidine rings is 2. The number of carbonyl (C=O) groups is 3. The number of hydrogen-bond donors (Lipinski definition) is 2. The zero-order chi connectivity index (χ0) is 35.6. The highest BCUT2D eigenvalue weighted by Gasteiger charge is 2.38. The first-order valence-electron chi connectivity index (χ1n) is 17.4. The summed E-state index contributed by atoms with van der Waals surface area (Å²) in [5.41, 5.74) is 3.57. The summed E-state index contributed by atoms with van der Waals surface area (Å²) in [6.07, 6.45) is 3.28. The van der Waals surface area contributed by atoms with Crippen molar-refractivity contribution in [2.75, 3.05) is 63.6 Å². The molecule has 4 heterocycles. The standard InChI is InChI=1S/C35H46Br2N6O6S/c1-24-30(36)19-25(20-31(24)37)18-27(35(47)42-12-6-28(7-13-42)40-16-14-39(15-17-40)23-34(45)46)21-33(44)41-10-8-29(9-11-41)43-22-26-4-2-3-5-32(26)38-50(43,48)49/h2-5,19-20,27-29,38H,6-18,21-23H2,1H3,(H,45,46)/t27-/m1/s1. The van der Waals surface area contributed by atoms with Crippen LogP contribution in [0.4, 0.5) is 5.69 Å². The second-order valence-electron chi connectivity index (χ2n) is 14.0. The average Bonchev–Trinajstić information content (AvgIpc) is 3.09. The van der Waals surface area contributed by atoms with E-state index in [1.165, 1.54) is 4.31 Å². The molecule has 0 radical (unpaired) electrons. The first kappa shape index (κ1) is 37.2. The van der Waals surface area contributed by atoms with E-state index in [1.807, 2.05) is 47.1 Å². The zero-order valence-electron chi connectivity index (χ0n) is 28.4. The fourth-order valence-corrected chi connectivity index (χ4v) is 10.6. The number of hydrogen-bond acceptors (Lipinski definition) is 7. The minimum absolute atomic E-state index is 0.00469. The summed E-state index contributed by atoms with van der Waals surface area (Å²) >= 11 is 7.28. The van der Waals surface area contributed by atoms with Crippen molar-refractivity contribution in [2.45, 2.75) is 64.1 Å². The van der Waals surface area contributed by atoms with Gasteiger partial charge in [0, 0.05) is 86.4 Å². The lowest BCUT2D eigenvalue weighted by Crippen LogP contribution is -2.55. The van der Waals surface area contributed by atoms with Crippen LogP contribution in [0.5, 0.6) is 0 Å². The van der Waals surface area contributed by atoms with E-state index in [9.17, 15) is 22.8 Å². The number of benzene rings is 2. The highest BCUT2D eigenvalue weighted by Crippen LogP contribution is 2.32. The maximum absolute atomic E-state index is 14.2. The minimum Gasteiger partial charge on any atom is -0.480 e. The predicted molar refractivity (Wildman–Crippen MR) is 198 cm³/mol. The van der Waals surface area contributed by atoms with Crippen LogP contribution in [0.2, 0.25) is 0 Å². The number of anilines is 1.